The summed E-state index contributed by atoms with van der Waals surface area (Å²) in [5, 5.41) is 0. The monoisotopic (exact) mass is 368 g/mol. The summed E-state index contributed by atoms with van der Waals surface area (Å²) in [5.41, 5.74) is 10.2. The van der Waals surface area contributed by atoms with E-state index < -0.39 is 0 Å². The molecule has 0 fully saturated rings. The van der Waals surface area contributed by atoms with Gasteiger partial charge in [0.05, 0.1) is 17.8 Å². The lowest BCUT2D eigenvalue weighted by atomic mass is 10.0. The molecule has 0 saturated heterocycles. The number of halogens is 1. The van der Waals surface area contributed by atoms with Crippen LogP contribution in [-0.2, 0) is 12.8 Å². The average molecular weight is 369 g/mol. The molecule has 2 N–H and O–H groups in total. The highest BCUT2D eigenvalue weighted by atomic mass is 79.9. The lowest BCUT2D eigenvalue weighted by Crippen LogP contribution is -2.21. The third-order valence-electron chi connectivity index (χ3n) is 3.47. The number of benzene rings is 1. The van der Waals surface area contributed by atoms with E-state index in [-0.39, 0.29) is 6.04 Å². The van der Waals surface area contributed by atoms with E-state index in [2.05, 4.69) is 33.9 Å². The van der Waals surface area contributed by atoms with Crippen LogP contribution in [0.3, 0.4) is 0 Å². The van der Waals surface area contributed by atoms with Crippen LogP contribution >= 0.6 is 27.3 Å². The molecule has 1 unspecified atom stereocenters. The molecular weight excluding hydrogens is 348 g/mol. The summed E-state index contributed by atoms with van der Waals surface area (Å²) in [5.74, 6) is 0.902. The van der Waals surface area contributed by atoms with Gasteiger partial charge in [0.15, 0.2) is 0 Å². The molecule has 0 bridgehead atoms. The van der Waals surface area contributed by atoms with Crippen LogP contribution < -0.4 is 10.5 Å². The Morgan fingerprint density at radius 1 is 1.43 bits per heavy atom. The number of nitrogens with zero attached hydrogens (tertiary/aromatic N) is 1. The Labute approximate surface area is 138 Å². The Morgan fingerprint density at radius 2 is 2.24 bits per heavy atom. The minimum Gasteiger partial charge on any atom is -0.493 e. The summed E-state index contributed by atoms with van der Waals surface area (Å²) in [7, 11) is 0. The van der Waals surface area contributed by atoms with Gasteiger partial charge in [0.1, 0.15) is 5.75 Å². The van der Waals surface area contributed by atoms with Crippen LogP contribution in [0.15, 0.2) is 28.2 Å². The summed E-state index contributed by atoms with van der Waals surface area (Å²) >= 11 is 5.27. The molecule has 0 saturated carbocycles. The lowest BCUT2D eigenvalue weighted by Gasteiger charge is -2.13. The van der Waals surface area contributed by atoms with E-state index in [4.69, 9.17) is 10.5 Å². The van der Waals surface area contributed by atoms with Crippen molar-refractivity contribution in [1.29, 1.82) is 0 Å². The van der Waals surface area contributed by atoms with Gasteiger partial charge in [0.25, 0.3) is 0 Å². The fourth-order valence-electron chi connectivity index (χ4n) is 2.05. The summed E-state index contributed by atoms with van der Waals surface area (Å²) in [6, 6.07) is 6.30. The Hall–Kier alpha value is -0.910. The minimum absolute atomic E-state index is 0.191. The van der Waals surface area contributed by atoms with E-state index in [0.717, 1.165) is 35.2 Å². The maximum atomic E-state index is 6.04. The predicted octanol–water partition coefficient (Wildman–Crippen LogP) is 4.12. The maximum Gasteiger partial charge on any atom is 0.119 e. The molecule has 21 heavy (non-hydrogen) atoms. The normalized spacial score (nSPS) is 12.4. The quantitative estimate of drug-likeness (QED) is 0.799. The molecule has 0 spiro atoms. The number of thiazole rings is 1. The summed E-state index contributed by atoms with van der Waals surface area (Å²) in [6.45, 7) is 4.82. The first-order valence-corrected chi connectivity index (χ1v) is 8.83. The second kappa shape index (κ2) is 7.92. The van der Waals surface area contributed by atoms with E-state index in [1.54, 1.807) is 11.3 Å². The van der Waals surface area contributed by atoms with Gasteiger partial charge in [0, 0.05) is 21.8 Å². The molecule has 1 aromatic carbocycles. The number of aryl methyl sites for hydroxylation is 1. The maximum absolute atomic E-state index is 6.04. The first-order valence-electron chi connectivity index (χ1n) is 7.16. The largest absolute Gasteiger partial charge is 0.493 e. The average Bonchev–Trinajstić information content (AvgIpc) is 2.88. The van der Waals surface area contributed by atoms with Crippen LogP contribution in [0.25, 0.3) is 0 Å². The van der Waals surface area contributed by atoms with E-state index in [0.29, 0.717) is 6.61 Å². The lowest BCUT2D eigenvalue weighted by molar-refractivity contribution is 0.322. The second-order valence-electron chi connectivity index (χ2n) is 5.09. The van der Waals surface area contributed by atoms with Crippen LogP contribution in [0.1, 0.15) is 29.5 Å². The van der Waals surface area contributed by atoms with Gasteiger partial charge in [-0.3, -0.25) is 0 Å². The number of hydrogen-bond acceptors (Lipinski definition) is 4. The van der Waals surface area contributed by atoms with Crippen molar-refractivity contribution in [2.24, 2.45) is 5.73 Å². The van der Waals surface area contributed by atoms with Gasteiger partial charge in [-0.15, -0.1) is 11.3 Å². The van der Waals surface area contributed by atoms with Gasteiger partial charge in [-0.25, -0.2) is 4.98 Å². The fourth-order valence-corrected chi connectivity index (χ4v) is 3.22. The molecule has 0 aliphatic rings. The molecule has 3 nitrogen and oxygen atoms in total. The highest BCUT2D eigenvalue weighted by molar-refractivity contribution is 9.10. The topological polar surface area (TPSA) is 48.1 Å². The summed E-state index contributed by atoms with van der Waals surface area (Å²) in [4.78, 5) is 5.54. The molecule has 5 heteroatoms. The van der Waals surface area contributed by atoms with Crippen molar-refractivity contribution in [3.05, 3.63) is 44.3 Å². The third kappa shape index (κ3) is 4.80. The Bertz CT molecular complexity index is 585. The number of aromatic nitrogens is 1. The van der Waals surface area contributed by atoms with Crippen LogP contribution in [-0.4, -0.2) is 17.6 Å². The van der Waals surface area contributed by atoms with Crippen LogP contribution in [0.5, 0.6) is 5.75 Å². The van der Waals surface area contributed by atoms with Gasteiger partial charge in [-0.1, -0.05) is 22.9 Å². The number of hydrogen-bond donors (Lipinski definition) is 1. The van der Waals surface area contributed by atoms with Crippen molar-refractivity contribution in [2.75, 3.05) is 6.61 Å². The molecule has 1 aromatic heterocycles. The number of rotatable bonds is 7. The highest BCUT2D eigenvalue weighted by Crippen LogP contribution is 2.24. The van der Waals surface area contributed by atoms with Gasteiger partial charge in [0.2, 0.25) is 0 Å². The van der Waals surface area contributed by atoms with Gasteiger partial charge in [-0.2, -0.15) is 0 Å². The van der Waals surface area contributed by atoms with Crippen molar-refractivity contribution >= 4 is 27.3 Å². The first-order chi connectivity index (χ1) is 10.1. The van der Waals surface area contributed by atoms with E-state index >= 15 is 0 Å². The molecule has 1 atom stereocenters. The highest BCUT2D eigenvalue weighted by Gasteiger charge is 2.08. The molecule has 114 valence electrons. The zero-order valence-corrected chi connectivity index (χ0v) is 14.8. The van der Waals surface area contributed by atoms with Crippen LogP contribution in [0.4, 0.5) is 0 Å². The van der Waals surface area contributed by atoms with E-state index in [1.165, 1.54) is 10.4 Å². The molecular formula is C16H21BrN2OS. The molecule has 2 rings (SSSR count). The smallest absolute Gasteiger partial charge is 0.119 e. The zero-order chi connectivity index (χ0) is 15.2. The second-order valence-corrected chi connectivity index (χ2v) is 6.88. The van der Waals surface area contributed by atoms with Crippen molar-refractivity contribution in [1.82, 2.24) is 4.98 Å². The first kappa shape index (κ1) is 16.5. The van der Waals surface area contributed by atoms with Gasteiger partial charge < -0.3 is 10.5 Å². The van der Waals surface area contributed by atoms with Gasteiger partial charge >= 0.3 is 0 Å². The third-order valence-corrected chi connectivity index (χ3v) is 5.23. The number of ether oxygens (including phenoxy) is 1. The molecule has 0 aliphatic heterocycles. The van der Waals surface area contributed by atoms with Gasteiger partial charge in [-0.05, 0) is 43.5 Å². The molecule has 0 aliphatic carbocycles. The van der Waals surface area contributed by atoms with Crippen molar-refractivity contribution in [3.8, 4) is 5.75 Å². The van der Waals surface area contributed by atoms with Crippen LogP contribution in [0, 0.1) is 6.92 Å². The fraction of sp³-hybridized carbons (Fsp3) is 0.438. The zero-order valence-electron chi connectivity index (χ0n) is 12.4. The summed E-state index contributed by atoms with van der Waals surface area (Å²) < 4.78 is 6.96. The molecule has 0 amide bonds. The Kier molecular flexibility index (Phi) is 6.21. The molecule has 2 aromatic rings. The molecule has 0 radical (unpaired) electrons. The Balaban J connectivity index is 1.94. The minimum atomic E-state index is 0.191. The summed E-state index contributed by atoms with van der Waals surface area (Å²) in [6.07, 6.45) is 2.74. The van der Waals surface area contributed by atoms with Crippen molar-refractivity contribution in [3.63, 3.8) is 0 Å². The van der Waals surface area contributed by atoms with E-state index in [9.17, 15) is 0 Å². The van der Waals surface area contributed by atoms with E-state index in [1.807, 2.05) is 24.6 Å². The van der Waals surface area contributed by atoms with Crippen molar-refractivity contribution < 1.29 is 4.74 Å². The SMILES string of the molecule is CCC(N)Cc1cc(OCCc2scnc2C)ccc1Br. The standard InChI is InChI=1S/C16H21BrN2OS/c1-3-13(18)8-12-9-14(4-5-15(12)17)20-7-6-16-11(2)19-10-21-16/h4-5,9-10,13H,3,6-8,18H2,1-2H3. The molecule has 1 heterocycles. The van der Waals surface area contributed by atoms with Crippen molar-refractivity contribution in [2.45, 2.75) is 39.2 Å². The number of nitrogens with two attached hydrogens (primary N) is 1. The Morgan fingerprint density at radius 3 is 2.90 bits per heavy atom. The van der Waals surface area contributed by atoms with Crippen LogP contribution in [0.2, 0.25) is 0 Å². The predicted molar refractivity (Wildman–Crippen MR) is 92.2 cm³/mol.